The van der Waals surface area contributed by atoms with E-state index in [0.29, 0.717) is 18.9 Å². The highest BCUT2D eigenvalue weighted by atomic mass is 32.2. The highest BCUT2D eigenvalue weighted by Crippen LogP contribution is 2.19. The average molecular weight is 297 g/mol. The van der Waals surface area contributed by atoms with E-state index in [1.807, 2.05) is 31.2 Å². The second kappa shape index (κ2) is 7.76. The van der Waals surface area contributed by atoms with E-state index in [1.165, 1.54) is 5.56 Å². The van der Waals surface area contributed by atoms with Gasteiger partial charge in [0.15, 0.2) is 0 Å². The van der Waals surface area contributed by atoms with Gasteiger partial charge in [0, 0.05) is 17.4 Å². The van der Waals surface area contributed by atoms with Crippen LogP contribution in [-0.4, -0.2) is 41.1 Å². The highest BCUT2D eigenvalue weighted by Gasteiger charge is 2.29. The van der Waals surface area contributed by atoms with Crippen molar-refractivity contribution < 1.29 is 13.7 Å². The Labute approximate surface area is 123 Å². The Kier molecular flexibility index (Phi) is 6.01. The normalized spacial score (nSPS) is 23.7. The number of hydrogen-bond acceptors (Lipinski definition) is 4. The van der Waals surface area contributed by atoms with Crippen LogP contribution in [0.3, 0.4) is 0 Å². The summed E-state index contributed by atoms with van der Waals surface area (Å²) in [6, 6.07) is 7.92. The van der Waals surface area contributed by atoms with E-state index in [2.05, 4.69) is 0 Å². The molecule has 0 bridgehead atoms. The summed E-state index contributed by atoms with van der Waals surface area (Å²) in [6.07, 6.45) is 1.87. The summed E-state index contributed by atoms with van der Waals surface area (Å²) in [5.74, 6) is 1.38. The second-order valence-electron chi connectivity index (χ2n) is 5.02. The van der Waals surface area contributed by atoms with Crippen LogP contribution in [0.1, 0.15) is 18.9 Å². The van der Waals surface area contributed by atoms with Crippen LogP contribution >= 0.6 is 0 Å². The maximum absolute atomic E-state index is 12.1. The van der Waals surface area contributed by atoms with Gasteiger partial charge < -0.3 is 15.2 Å². The Balaban J connectivity index is 1.73. The molecule has 4 nitrogen and oxygen atoms in total. The minimum Gasteiger partial charge on any atom is -0.493 e. The Morgan fingerprint density at radius 2 is 2.15 bits per heavy atom. The molecule has 1 aromatic rings. The first-order valence-corrected chi connectivity index (χ1v) is 8.49. The highest BCUT2D eigenvalue weighted by molar-refractivity contribution is 7.85. The molecule has 1 heterocycles. The fourth-order valence-electron chi connectivity index (χ4n) is 2.37. The first-order valence-electron chi connectivity index (χ1n) is 7.11. The van der Waals surface area contributed by atoms with Gasteiger partial charge in [-0.05, 0) is 44.0 Å². The van der Waals surface area contributed by atoms with Crippen molar-refractivity contribution in [2.75, 3.05) is 25.5 Å². The van der Waals surface area contributed by atoms with Gasteiger partial charge in [-0.1, -0.05) is 12.1 Å². The quantitative estimate of drug-likeness (QED) is 0.828. The van der Waals surface area contributed by atoms with Crippen LogP contribution in [0.25, 0.3) is 0 Å². The minimum atomic E-state index is -0.873. The molecule has 3 atom stereocenters. The van der Waals surface area contributed by atoms with E-state index >= 15 is 0 Å². The Hall–Kier alpha value is -0.910. The molecule has 0 aromatic heterocycles. The molecule has 20 heavy (non-hydrogen) atoms. The summed E-state index contributed by atoms with van der Waals surface area (Å²) in [5, 5.41) is 0.158. The first-order chi connectivity index (χ1) is 9.70. The van der Waals surface area contributed by atoms with Gasteiger partial charge >= 0.3 is 0 Å². The van der Waals surface area contributed by atoms with Crippen LogP contribution in [0.15, 0.2) is 24.3 Å². The third-order valence-electron chi connectivity index (χ3n) is 3.55. The van der Waals surface area contributed by atoms with Gasteiger partial charge in [0.2, 0.25) is 0 Å². The predicted molar refractivity (Wildman–Crippen MR) is 81.5 cm³/mol. The van der Waals surface area contributed by atoms with E-state index in [0.717, 1.165) is 25.2 Å². The molecule has 0 amide bonds. The van der Waals surface area contributed by atoms with E-state index in [9.17, 15) is 4.21 Å². The van der Waals surface area contributed by atoms with Crippen molar-refractivity contribution in [2.45, 2.75) is 31.1 Å². The largest absolute Gasteiger partial charge is 0.493 e. The van der Waals surface area contributed by atoms with Crippen molar-refractivity contribution in [3.63, 3.8) is 0 Å². The Morgan fingerprint density at radius 3 is 2.75 bits per heavy atom. The summed E-state index contributed by atoms with van der Waals surface area (Å²) in [6.45, 7) is 3.85. The van der Waals surface area contributed by atoms with Crippen molar-refractivity contribution in [1.82, 2.24) is 0 Å². The van der Waals surface area contributed by atoms with Crippen molar-refractivity contribution >= 4 is 10.8 Å². The third-order valence-corrected chi connectivity index (χ3v) is 5.42. The van der Waals surface area contributed by atoms with Gasteiger partial charge in [-0.3, -0.25) is 4.21 Å². The van der Waals surface area contributed by atoms with E-state index in [-0.39, 0.29) is 11.4 Å². The molecule has 1 saturated heterocycles. The summed E-state index contributed by atoms with van der Waals surface area (Å²) in [4.78, 5) is 0. The molecule has 1 aliphatic rings. The molecular weight excluding hydrogens is 274 g/mol. The summed E-state index contributed by atoms with van der Waals surface area (Å²) in [7, 11) is -0.873. The number of ether oxygens (including phenoxy) is 2. The number of hydrogen-bond donors (Lipinski definition) is 1. The molecule has 1 aromatic carbocycles. The van der Waals surface area contributed by atoms with Crippen LogP contribution in [-0.2, 0) is 22.0 Å². The van der Waals surface area contributed by atoms with Gasteiger partial charge in [-0.25, -0.2) is 0 Å². The predicted octanol–water partition coefficient (Wildman–Crippen LogP) is 1.49. The summed E-state index contributed by atoms with van der Waals surface area (Å²) >= 11 is 0. The van der Waals surface area contributed by atoms with Crippen molar-refractivity contribution in [2.24, 2.45) is 5.73 Å². The molecule has 112 valence electrons. The maximum atomic E-state index is 12.1. The zero-order valence-electron chi connectivity index (χ0n) is 11.9. The van der Waals surface area contributed by atoms with E-state index in [4.69, 9.17) is 15.2 Å². The Morgan fingerprint density at radius 1 is 1.40 bits per heavy atom. The topological polar surface area (TPSA) is 61.5 Å². The van der Waals surface area contributed by atoms with Crippen LogP contribution in [0, 0.1) is 0 Å². The van der Waals surface area contributed by atoms with Gasteiger partial charge in [0.1, 0.15) is 5.75 Å². The first kappa shape index (κ1) is 15.5. The van der Waals surface area contributed by atoms with Gasteiger partial charge in [0.25, 0.3) is 0 Å². The molecule has 0 aliphatic carbocycles. The van der Waals surface area contributed by atoms with Gasteiger partial charge in [0.05, 0.1) is 23.7 Å². The SMILES string of the molecule is CC1OCCC1S(=O)CCOc1ccc(CCN)cc1. The van der Waals surface area contributed by atoms with Crippen molar-refractivity contribution in [1.29, 1.82) is 0 Å². The molecule has 5 heteroatoms. The lowest BCUT2D eigenvalue weighted by Crippen LogP contribution is -2.26. The Bertz CT molecular complexity index is 435. The maximum Gasteiger partial charge on any atom is 0.119 e. The van der Waals surface area contributed by atoms with E-state index < -0.39 is 10.8 Å². The smallest absolute Gasteiger partial charge is 0.119 e. The summed E-state index contributed by atoms with van der Waals surface area (Å²) < 4.78 is 23.2. The minimum absolute atomic E-state index is 0.103. The van der Waals surface area contributed by atoms with Gasteiger partial charge in [-0.2, -0.15) is 0 Å². The molecular formula is C15H23NO3S. The number of benzene rings is 1. The second-order valence-corrected chi connectivity index (χ2v) is 6.79. The standard InChI is InChI=1S/C15H23NO3S/c1-12-15(7-9-18-12)20(17)11-10-19-14-4-2-13(3-5-14)6-8-16/h2-5,12,15H,6-11,16H2,1H3. The van der Waals surface area contributed by atoms with Crippen molar-refractivity contribution in [3.05, 3.63) is 29.8 Å². The van der Waals surface area contributed by atoms with E-state index in [1.54, 1.807) is 0 Å². The lowest BCUT2D eigenvalue weighted by Gasteiger charge is -2.14. The average Bonchev–Trinajstić information content (AvgIpc) is 2.87. The molecule has 2 rings (SSSR count). The fourth-order valence-corrected chi connectivity index (χ4v) is 3.78. The zero-order chi connectivity index (χ0) is 14.4. The molecule has 3 unspecified atom stereocenters. The molecule has 1 fully saturated rings. The van der Waals surface area contributed by atoms with Crippen LogP contribution in [0.5, 0.6) is 5.75 Å². The molecule has 0 saturated carbocycles. The fraction of sp³-hybridized carbons (Fsp3) is 0.600. The van der Waals surface area contributed by atoms with Crippen LogP contribution < -0.4 is 10.5 Å². The number of rotatable bonds is 7. The lowest BCUT2D eigenvalue weighted by atomic mass is 10.1. The van der Waals surface area contributed by atoms with Crippen LogP contribution in [0.4, 0.5) is 0 Å². The molecule has 0 radical (unpaired) electrons. The summed E-state index contributed by atoms with van der Waals surface area (Å²) in [5.41, 5.74) is 6.72. The van der Waals surface area contributed by atoms with Gasteiger partial charge in [-0.15, -0.1) is 0 Å². The molecule has 1 aliphatic heterocycles. The lowest BCUT2D eigenvalue weighted by molar-refractivity contribution is 0.127. The zero-order valence-corrected chi connectivity index (χ0v) is 12.7. The molecule has 0 spiro atoms. The third kappa shape index (κ3) is 4.30. The van der Waals surface area contributed by atoms with Crippen LogP contribution in [0.2, 0.25) is 0 Å². The monoisotopic (exact) mass is 297 g/mol. The van der Waals surface area contributed by atoms with Crippen molar-refractivity contribution in [3.8, 4) is 5.75 Å². The number of nitrogens with two attached hydrogens (primary N) is 1. The molecule has 2 N–H and O–H groups in total.